The van der Waals surface area contributed by atoms with E-state index in [1.54, 1.807) is 0 Å². The maximum Gasteiger partial charge on any atom is 0.445 e. The zero-order chi connectivity index (χ0) is 21.7. The number of imidazole rings is 1. The fourth-order valence-electron chi connectivity index (χ4n) is 1.39. The van der Waals surface area contributed by atoms with E-state index in [2.05, 4.69) is 34.8 Å². The zero-order valence-corrected chi connectivity index (χ0v) is 14.7. The Balaban J connectivity index is 0.000000569. The Hall–Kier alpha value is -1.48. The summed E-state index contributed by atoms with van der Waals surface area (Å²) in [4.78, 5) is 0. The van der Waals surface area contributed by atoms with Crippen molar-refractivity contribution in [1.82, 2.24) is 4.57 Å². The van der Waals surface area contributed by atoms with Crippen LogP contribution in [0, 0.1) is 0 Å². The second kappa shape index (κ2) is 9.14. The summed E-state index contributed by atoms with van der Waals surface area (Å²) in [6.07, 6.45) is -8.63. The Labute approximate surface area is 149 Å². The highest BCUT2D eigenvalue weighted by Crippen LogP contribution is 2.42. The maximum absolute atomic E-state index is 12.2. The first-order chi connectivity index (χ1) is 12.0. The van der Waals surface area contributed by atoms with E-state index in [1.165, 1.54) is 12.8 Å². The zero-order valence-electron chi connectivity index (χ0n) is 13.9. The Bertz CT molecular complexity index is 690. The summed E-state index contributed by atoms with van der Waals surface area (Å²) in [5.41, 5.74) is 0. The van der Waals surface area contributed by atoms with E-state index >= 15 is 0 Å². The van der Waals surface area contributed by atoms with Gasteiger partial charge in [0.25, 0.3) is 6.36 Å². The van der Waals surface area contributed by atoms with Crippen LogP contribution in [0.4, 0.5) is 35.1 Å². The van der Waals surface area contributed by atoms with Crippen molar-refractivity contribution >= 4 is 10.1 Å². The standard InChI is InChI=1S/C8H15N2.C4H2F8O4S/c1-3-4-5-10-7-6-9(2)8-10;5-1(2(6,7)8)16-3(9,10)4(11,12)17(13,14)15/h6-8H,3-5H2,1-2H3;1H,(H,13,14,15)/q+1;/p-1. The number of nitrogens with zero attached hydrogens (tertiary/aromatic N) is 2. The van der Waals surface area contributed by atoms with E-state index in [0.717, 1.165) is 6.54 Å². The van der Waals surface area contributed by atoms with Gasteiger partial charge in [-0.2, -0.15) is 30.7 Å². The van der Waals surface area contributed by atoms with Crippen molar-refractivity contribution in [2.45, 2.75) is 50.2 Å². The number of aromatic nitrogens is 2. The number of hydrogen-bond acceptors (Lipinski definition) is 4. The molecule has 0 saturated carbocycles. The number of rotatable bonds is 7. The molecule has 1 unspecified atom stereocenters. The lowest BCUT2D eigenvalue weighted by atomic mass is 10.3. The minimum atomic E-state index is -7.04. The number of alkyl halides is 8. The highest BCUT2D eigenvalue weighted by molar-refractivity contribution is 7.86. The van der Waals surface area contributed by atoms with Crippen LogP contribution in [-0.2, 0) is 28.4 Å². The Kier molecular flexibility index (Phi) is 8.64. The third kappa shape index (κ3) is 7.57. The molecule has 0 aliphatic heterocycles. The molecule has 1 heterocycles. The van der Waals surface area contributed by atoms with Crippen LogP contribution < -0.4 is 4.57 Å². The van der Waals surface area contributed by atoms with E-state index in [4.69, 9.17) is 0 Å². The molecule has 1 aromatic heterocycles. The van der Waals surface area contributed by atoms with Crippen molar-refractivity contribution < 1.29 is 57.4 Å². The Morgan fingerprint density at radius 3 is 2.04 bits per heavy atom. The van der Waals surface area contributed by atoms with E-state index in [-0.39, 0.29) is 0 Å². The van der Waals surface area contributed by atoms with Crippen LogP contribution in [0.5, 0.6) is 0 Å². The van der Waals surface area contributed by atoms with Crippen molar-refractivity contribution in [2.75, 3.05) is 0 Å². The normalized spacial score (nSPS) is 14.5. The third-order valence-corrected chi connectivity index (χ3v) is 3.62. The summed E-state index contributed by atoms with van der Waals surface area (Å²) < 4.78 is 130. The Morgan fingerprint density at radius 1 is 1.19 bits per heavy atom. The van der Waals surface area contributed by atoms with Gasteiger partial charge in [-0.15, -0.1) is 0 Å². The molecule has 0 aliphatic rings. The number of halogens is 8. The van der Waals surface area contributed by atoms with Gasteiger partial charge in [0.15, 0.2) is 10.1 Å². The van der Waals surface area contributed by atoms with Crippen LogP contribution in [-0.4, -0.2) is 41.4 Å². The second-order valence-corrected chi connectivity index (χ2v) is 6.55. The molecule has 0 saturated heterocycles. The lowest BCUT2D eigenvalue weighted by Gasteiger charge is -2.29. The fourth-order valence-corrected chi connectivity index (χ4v) is 1.72. The first-order valence-corrected chi connectivity index (χ1v) is 8.47. The first kappa shape index (κ1) is 25.5. The second-order valence-electron chi connectivity index (χ2n) is 5.13. The summed E-state index contributed by atoms with van der Waals surface area (Å²) in [7, 11) is -5.00. The summed E-state index contributed by atoms with van der Waals surface area (Å²) in [5, 5.41) is -6.55. The van der Waals surface area contributed by atoms with Crippen molar-refractivity contribution in [3.63, 3.8) is 0 Å². The first-order valence-electron chi connectivity index (χ1n) is 7.06. The number of unbranched alkanes of at least 4 members (excludes halogenated alkanes) is 1. The topological polar surface area (TPSA) is 75.2 Å². The van der Waals surface area contributed by atoms with Gasteiger partial charge in [0.05, 0.1) is 13.6 Å². The molecule has 0 N–H and O–H groups in total. The highest BCUT2D eigenvalue weighted by Gasteiger charge is 2.66. The predicted molar refractivity (Wildman–Crippen MR) is 72.1 cm³/mol. The molecule has 1 aromatic rings. The molecule has 27 heavy (non-hydrogen) atoms. The van der Waals surface area contributed by atoms with Gasteiger partial charge in [-0.1, -0.05) is 13.3 Å². The molecule has 0 aliphatic carbocycles. The van der Waals surface area contributed by atoms with E-state index < -0.39 is 34.0 Å². The van der Waals surface area contributed by atoms with Gasteiger partial charge in [0.1, 0.15) is 12.4 Å². The monoisotopic (exact) mass is 436 g/mol. The number of ether oxygens (including phenoxy) is 1. The van der Waals surface area contributed by atoms with Crippen LogP contribution >= 0.6 is 0 Å². The van der Waals surface area contributed by atoms with E-state index in [0.29, 0.717) is 0 Å². The van der Waals surface area contributed by atoms with Crippen molar-refractivity contribution in [2.24, 2.45) is 7.05 Å². The summed E-state index contributed by atoms with van der Waals surface area (Å²) in [6.45, 7) is 3.36. The SMILES string of the molecule is CCCCn1cc[n+](C)c1.O=S(=O)([O-])C(F)(F)C(F)(F)OC(F)C(F)(F)F. The molecule has 0 spiro atoms. The van der Waals surface area contributed by atoms with Crippen molar-refractivity contribution in [3.05, 3.63) is 18.7 Å². The van der Waals surface area contributed by atoms with Gasteiger partial charge >= 0.3 is 17.5 Å². The van der Waals surface area contributed by atoms with Gasteiger partial charge in [-0.25, -0.2) is 21.9 Å². The van der Waals surface area contributed by atoms with Crippen LogP contribution in [0.15, 0.2) is 18.7 Å². The highest BCUT2D eigenvalue weighted by atomic mass is 32.2. The molecule has 0 bridgehead atoms. The van der Waals surface area contributed by atoms with Crippen LogP contribution in [0.3, 0.4) is 0 Å². The summed E-state index contributed by atoms with van der Waals surface area (Å²) >= 11 is 0. The quantitative estimate of drug-likeness (QED) is 0.374. The molecule has 0 amide bonds. The van der Waals surface area contributed by atoms with Crippen LogP contribution in [0.2, 0.25) is 0 Å². The van der Waals surface area contributed by atoms with Gasteiger partial charge < -0.3 is 4.55 Å². The molecule has 15 heteroatoms. The lowest BCUT2D eigenvalue weighted by Crippen LogP contribution is -2.51. The average molecular weight is 436 g/mol. The van der Waals surface area contributed by atoms with Gasteiger partial charge in [-0.3, -0.25) is 4.74 Å². The minimum Gasteiger partial charge on any atom is -0.743 e. The lowest BCUT2D eigenvalue weighted by molar-refractivity contribution is -0.671. The molecule has 1 atom stereocenters. The number of aryl methyl sites for hydroxylation is 2. The molecule has 0 radical (unpaired) electrons. The third-order valence-electron chi connectivity index (χ3n) is 2.76. The van der Waals surface area contributed by atoms with Gasteiger partial charge in [0.2, 0.25) is 6.33 Å². The largest absolute Gasteiger partial charge is 0.743 e. The van der Waals surface area contributed by atoms with Crippen molar-refractivity contribution in [3.8, 4) is 0 Å². The molecule has 0 fully saturated rings. The molecular weight excluding hydrogens is 420 g/mol. The van der Waals surface area contributed by atoms with Crippen molar-refractivity contribution in [1.29, 1.82) is 0 Å². The van der Waals surface area contributed by atoms with Gasteiger partial charge in [-0.05, 0) is 6.42 Å². The average Bonchev–Trinajstić information content (AvgIpc) is 2.88. The van der Waals surface area contributed by atoms with Gasteiger partial charge in [0, 0.05) is 0 Å². The fraction of sp³-hybridized carbons (Fsp3) is 0.750. The number of hydrogen-bond donors (Lipinski definition) is 0. The summed E-state index contributed by atoms with van der Waals surface area (Å²) in [6, 6.07) is 0. The van der Waals surface area contributed by atoms with Crippen LogP contribution in [0.25, 0.3) is 0 Å². The smallest absolute Gasteiger partial charge is 0.445 e. The minimum absolute atomic E-state index is 1.15. The van der Waals surface area contributed by atoms with E-state index in [1.807, 2.05) is 11.8 Å². The maximum atomic E-state index is 12.2. The molecular formula is C12H16F8N2O4S. The molecule has 0 aromatic carbocycles. The molecule has 6 nitrogen and oxygen atoms in total. The van der Waals surface area contributed by atoms with Crippen LogP contribution in [0.1, 0.15) is 19.8 Å². The Morgan fingerprint density at radius 2 is 1.70 bits per heavy atom. The molecule has 1 rings (SSSR count). The predicted octanol–water partition coefficient (Wildman–Crippen LogP) is 2.70. The summed E-state index contributed by atoms with van der Waals surface area (Å²) in [5.74, 6) is 0. The molecule has 160 valence electrons. The van der Waals surface area contributed by atoms with E-state index in [9.17, 15) is 48.1 Å².